The predicted octanol–water partition coefficient (Wildman–Crippen LogP) is 1.54. The standard InChI is InChI=1S/C24H23FN4O6/c1-3-26-22(31)16-12-29-19-18(20(30)17(24(29)33)23(32)27-8-9-34-2)28-11-14(21(19)35-16)10-13-4-6-15(25)7-5-13/h4-7,11-12,30H,3,8-10H2,1-2H3,(H,26,31)(H,27,32). The van der Waals surface area contributed by atoms with Gasteiger partial charge in [-0.05, 0) is 24.6 Å². The van der Waals surface area contributed by atoms with Gasteiger partial charge in [-0.25, -0.2) is 4.39 Å². The van der Waals surface area contributed by atoms with Crippen molar-refractivity contribution in [2.75, 3.05) is 26.8 Å². The number of carbonyl (C=O) groups is 2. The summed E-state index contributed by atoms with van der Waals surface area (Å²) in [5.41, 5.74) is -0.0968. The van der Waals surface area contributed by atoms with Crippen LogP contribution in [0.15, 0.2) is 41.0 Å². The van der Waals surface area contributed by atoms with Crippen molar-refractivity contribution in [3.8, 4) is 11.5 Å². The number of nitrogens with zero attached hydrogens (tertiary/aromatic N) is 2. The quantitative estimate of drug-likeness (QED) is 0.415. The van der Waals surface area contributed by atoms with Crippen LogP contribution in [-0.4, -0.2) is 53.3 Å². The summed E-state index contributed by atoms with van der Waals surface area (Å²) < 4.78 is 25.2. The molecule has 0 aliphatic carbocycles. The van der Waals surface area contributed by atoms with Crippen molar-refractivity contribution in [1.82, 2.24) is 20.2 Å². The lowest BCUT2D eigenvalue weighted by Crippen LogP contribution is -2.36. The molecule has 0 fully saturated rings. The lowest BCUT2D eigenvalue weighted by Gasteiger charge is -2.22. The van der Waals surface area contributed by atoms with Gasteiger partial charge in [0.25, 0.3) is 17.4 Å². The summed E-state index contributed by atoms with van der Waals surface area (Å²) >= 11 is 0. The molecular weight excluding hydrogens is 459 g/mol. The number of pyridine rings is 2. The molecule has 3 aromatic rings. The molecule has 10 nitrogen and oxygen atoms in total. The van der Waals surface area contributed by atoms with E-state index in [0.717, 1.165) is 16.3 Å². The van der Waals surface area contributed by atoms with Gasteiger partial charge in [0.1, 0.15) is 22.4 Å². The largest absolute Gasteiger partial charge is 0.505 e. The zero-order valence-electron chi connectivity index (χ0n) is 19.1. The first-order valence-corrected chi connectivity index (χ1v) is 10.8. The molecule has 3 heterocycles. The van der Waals surface area contributed by atoms with Crippen molar-refractivity contribution in [1.29, 1.82) is 0 Å². The van der Waals surface area contributed by atoms with E-state index in [1.54, 1.807) is 19.1 Å². The molecule has 1 aliphatic rings. The zero-order chi connectivity index (χ0) is 25.1. The molecule has 0 saturated heterocycles. The van der Waals surface area contributed by atoms with E-state index in [-0.39, 0.29) is 47.9 Å². The minimum Gasteiger partial charge on any atom is -0.505 e. The van der Waals surface area contributed by atoms with E-state index >= 15 is 0 Å². The second-order valence-electron chi connectivity index (χ2n) is 7.72. The van der Waals surface area contributed by atoms with Crippen LogP contribution in [0.4, 0.5) is 4.39 Å². The van der Waals surface area contributed by atoms with Crippen molar-refractivity contribution in [3.63, 3.8) is 0 Å². The molecule has 1 aromatic carbocycles. The number of nitrogens with one attached hydrogen (secondary N) is 2. The van der Waals surface area contributed by atoms with E-state index in [9.17, 15) is 23.9 Å². The van der Waals surface area contributed by atoms with Gasteiger partial charge in [0.2, 0.25) is 5.76 Å². The van der Waals surface area contributed by atoms with Gasteiger partial charge in [0.15, 0.2) is 11.5 Å². The maximum Gasteiger partial charge on any atom is 0.288 e. The van der Waals surface area contributed by atoms with Crippen molar-refractivity contribution in [3.05, 3.63) is 69.1 Å². The van der Waals surface area contributed by atoms with Gasteiger partial charge >= 0.3 is 0 Å². The third-order valence-electron chi connectivity index (χ3n) is 5.36. The highest BCUT2D eigenvalue weighted by molar-refractivity contribution is 6.04. The van der Waals surface area contributed by atoms with E-state index in [1.807, 2.05) is 0 Å². The van der Waals surface area contributed by atoms with E-state index in [2.05, 4.69) is 15.6 Å². The number of aromatic nitrogens is 2. The average Bonchev–Trinajstić information content (AvgIpc) is 2.84. The third-order valence-corrected chi connectivity index (χ3v) is 5.36. The normalized spacial score (nSPS) is 12.1. The van der Waals surface area contributed by atoms with Gasteiger partial charge in [-0.15, -0.1) is 0 Å². The average molecular weight is 482 g/mol. The first-order chi connectivity index (χ1) is 16.8. The molecule has 3 N–H and O–H groups in total. The number of halogens is 1. The molecular formula is C24H23FN4O6. The van der Waals surface area contributed by atoms with Crippen molar-refractivity contribution in [2.45, 2.75) is 13.3 Å². The fraction of sp³-hybridized carbons (Fsp3) is 0.250. The highest BCUT2D eigenvalue weighted by Gasteiger charge is 2.30. The molecule has 0 spiro atoms. The van der Waals surface area contributed by atoms with Gasteiger partial charge in [0, 0.05) is 38.4 Å². The van der Waals surface area contributed by atoms with Crippen molar-refractivity contribution in [2.24, 2.45) is 0 Å². The summed E-state index contributed by atoms with van der Waals surface area (Å²) in [4.78, 5) is 42.9. The second-order valence-corrected chi connectivity index (χ2v) is 7.72. The number of amides is 2. The Hall–Kier alpha value is -4.25. The van der Waals surface area contributed by atoms with Crippen molar-refractivity contribution < 1.29 is 28.6 Å². The number of benzene rings is 1. The number of aromatic hydroxyl groups is 1. The Morgan fingerprint density at radius 1 is 1.20 bits per heavy atom. The number of likely N-dealkylation sites (N-methyl/N-ethyl adjacent to an activating group) is 1. The van der Waals surface area contributed by atoms with E-state index in [4.69, 9.17) is 9.47 Å². The van der Waals surface area contributed by atoms with Crippen molar-refractivity contribution >= 4 is 29.0 Å². The molecule has 0 bridgehead atoms. The molecule has 2 amide bonds. The van der Waals surface area contributed by atoms with Crippen LogP contribution in [-0.2, 0) is 16.0 Å². The van der Waals surface area contributed by atoms with Crippen LogP contribution in [0.3, 0.4) is 0 Å². The highest BCUT2D eigenvalue weighted by atomic mass is 19.1. The molecule has 1 aliphatic heterocycles. The van der Waals surface area contributed by atoms with Crippen LogP contribution < -0.4 is 20.9 Å². The monoisotopic (exact) mass is 482 g/mol. The number of ether oxygens (including phenoxy) is 2. The minimum absolute atomic E-state index is 0.0504. The molecule has 2 aromatic heterocycles. The smallest absolute Gasteiger partial charge is 0.288 e. The zero-order valence-corrected chi connectivity index (χ0v) is 19.1. The van der Waals surface area contributed by atoms with Gasteiger partial charge in [-0.3, -0.25) is 23.9 Å². The molecule has 0 atom stereocenters. The summed E-state index contributed by atoms with van der Waals surface area (Å²) in [6, 6.07) is 5.81. The summed E-state index contributed by atoms with van der Waals surface area (Å²) in [7, 11) is 1.46. The maximum atomic E-state index is 13.3. The van der Waals surface area contributed by atoms with E-state index in [0.29, 0.717) is 12.1 Å². The lowest BCUT2D eigenvalue weighted by molar-refractivity contribution is -0.119. The number of methoxy groups -OCH3 is 1. The highest BCUT2D eigenvalue weighted by Crippen LogP contribution is 2.38. The topological polar surface area (TPSA) is 132 Å². The number of hydrogen-bond acceptors (Lipinski definition) is 7. The minimum atomic E-state index is -0.850. The van der Waals surface area contributed by atoms with Gasteiger partial charge in [-0.2, -0.15) is 0 Å². The Morgan fingerprint density at radius 3 is 2.63 bits per heavy atom. The summed E-state index contributed by atoms with van der Waals surface area (Å²) in [6.07, 6.45) is 2.83. The first-order valence-electron chi connectivity index (χ1n) is 10.8. The van der Waals surface area contributed by atoms with Crippen LogP contribution in [0.25, 0.3) is 17.2 Å². The third kappa shape index (κ3) is 4.58. The molecule has 182 valence electrons. The molecule has 4 rings (SSSR count). The molecule has 35 heavy (non-hydrogen) atoms. The van der Waals surface area contributed by atoms with E-state index in [1.165, 1.54) is 25.4 Å². The molecule has 0 saturated carbocycles. The Bertz CT molecular complexity index is 1400. The maximum absolute atomic E-state index is 13.3. The Labute approximate surface area is 199 Å². The van der Waals surface area contributed by atoms with E-state index < -0.39 is 28.7 Å². The summed E-state index contributed by atoms with van der Waals surface area (Å²) in [6.45, 7) is 2.37. The van der Waals surface area contributed by atoms with Crippen LogP contribution in [0.1, 0.15) is 28.4 Å². The Balaban J connectivity index is 1.91. The molecule has 11 heteroatoms. The Morgan fingerprint density at radius 2 is 1.94 bits per heavy atom. The number of hydrogen-bond donors (Lipinski definition) is 3. The van der Waals surface area contributed by atoms with Crippen LogP contribution >= 0.6 is 0 Å². The fourth-order valence-electron chi connectivity index (χ4n) is 3.71. The number of rotatable bonds is 8. The van der Waals surface area contributed by atoms with Gasteiger partial charge in [-0.1, -0.05) is 12.1 Å². The number of carbonyl (C=O) groups excluding carboxylic acids is 2. The second kappa shape index (κ2) is 9.94. The summed E-state index contributed by atoms with van der Waals surface area (Å²) in [5.74, 6) is -2.42. The van der Waals surface area contributed by atoms with Gasteiger partial charge < -0.3 is 25.2 Å². The van der Waals surface area contributed by atoms with Crippen LogP contribution in [0.2, 0.25) is 0 Å². The van der Waals surface area contributed by atoms with Gasteiger partial charge in [0.05, 0.1) is 12.8 Å². The Kier molecular flexibility index (Phi) is 6.78. The summed E-state index contributed by atoms with van der Waals surface area (Å²) in [5, 5.41) is 15.9. The predicted molar refractivity (Wildman–Crippen MR) is 125 cm³/mol. The fourth-order valence-corrected chi connectivity index (χ4v) is 3.71. The van der Waals surface area contributed by atoms with Crippen LogP contribution in [0, 0.1) is 5.82 Å². The first kappa shape index (κ1) is 23.9. The van der Waals surface area contributed by atoms with Crippen LogP contribution in [0.5, 0.6) is 11.5 Å². The molecule has 0 unspecified atom stereocenters. The SMILES string of the molecule is CCNC(=O)C1=Cn2c(=O)c(C(=O)NCCOC)c(O)c3ncc(Cc4ccc(F)cc4)c(c32)O1. The lowest BCUT2D eigenvalue weighted by atomic mass is 10.0. The molecule has 0 radical (unpaired) electrons.